The number of benzene rings is 2. The molecule has 3 aromatic rings. The lowest BCUT2D eigenvalue weighted by Crippen LogP contribution is -2.62. The number of rotatable bonds is 14. The second-order valence-corrected chi connectivity index (χ2v) is 19.4. The van der Waals surface area contributed by atoms with Crippen LogP contribution < -0.4 is 21.7 Å². The Morgan fingerprint density at radius 3 is 2.30 bits per heavy atom. The Morgan fingerprint density at radius 1 is 1.00 bits per heavy atom. The first-order valence-electron chi connectivity index (χ1n) is 18.7. The summed E-state index contributed by atoms with van der Waals surface area (Å²) in [5.41, 5.74) is 5.67. The van der Waals surface area contributed by atoms with E-state index >= 15 is 0 Å². The number of sulfone groups is 1. The molecule has 2 aliphatic heterocycles. The largest absolute Gasteiger partial charge is 0.370 e. The van der Waals surface area contributed by atoms with Crippen molar-refractivity contribution in [1.82, 2.24) is 30.7 Å². The van der Waals surface area contributed by atoms with Gasteiger partial charge in [0.25, 0.3) is 13.3 Å². The molecule has 2 aliphatic rings. The van der Waals surface area contributed by atoms with Crippen molar-refractivity contribution in [2.24, 2.45) is 5.73 Å². The summed E-state index contributed by atoms with van der Waals surface area (Å²) < 4.78 is 35.8. The molecule has 2 aromatic carbocycles. The van der Waals surface area contributed by atoms with Crippen LogP contribution in [0.4, 0.5) is 0 Å². The second-order valence-electron chi connectivity index (χ2n) is 15.2. The average Bonchev–Trinajstić information content (AvgIpc) is 3.76. The van der Waals surface area contributed by atoms with Crippen LogP contribution in [0.3, 0.4) is 0 Å². The summed E-state index contributed by atoms with van der Waals surface area (Å²) >= 11 is 0. The fourth-order valence-electron chi connectivity index (χ4n) is 7.32. The minimum atomic E-state index is -4.04. The molecular weight excluding hydrogens is 777 g/mol. The zero-order valence-electron chi connectivity index (χ0n) is 32.5. The lowest BCUT2D eigenvalue weighted by molar-refractivity contribution is -0.144. The van der Waals surface area contributed by atoms with Crippen LogP contribution in [-0.2, 0) is 33.6 Å². The number of aromatic nitrogens is 1. The van der Waals surface area contributed by atoms with E-state index < -0.39 is 76.4 Å². The van der Waals surface area contributed by atoms with Gasteiger partial charge in [0.15, 0.2) is 9.84 Å². The molecule has 1 aromatic heterocycles. The molecule has 0 aliphatic carbocycles. The molecule has 0 bridgehead atoms. The Kier molecular flexibility index (Phi) is 13.1. The van der Waals surface area contributed by atoms with Gasteiger partial charge in [0.2, 0.25) is 29.2 Å². The molecule has 308 valence electrons. The summed E-state index contributed by atoms with van der Waals surface area (Å²) in [7, 11) is -7.48. The van der Waals surface area contributed by atoms with E-state index in [0.29, 0.717) is 42.3 Å². The highest BCUT2D eigenvalue weighted by atomic mass is 32.2. The number of nitrogens with one attached hydrogen (secondary N) is 4. The van der Waals surface area contributed by atoms with E-state index in [2.05, 4.69) is 25.8 Å². The van der Waals surface area contributed by atoms with Crippen molar-refractivity contribution < 1.29 is 46.6 Å². The average molecular weight is 828 g/mol. The molecule has 2 saturated heterocycles. The third-order valence-electron chi connectivity index (χ3n) is 10.5. The number of primary amides is 1. The quantitative estimate of drug-likeness (QED) is 0.128. The van der Waals surface area contributed by atoms with Crippen molar-refractivity contribution in [3.8, 4) is 0 Å². The van der Waals surface area contributed by atoms with Crippen molar-refractivity contribution in [2.45, 2.75) is 94.0 Å². The van der Waals surface area contributed by atoms with Gasteiger partial charge in [0.05, 0.1) is 10.9 Å². The summed E-state index contributed by atoms with van der Waals surface area (Å²) in [5, 5.41) is 8.83. The second kappa shape index (κ2) is 17.3. The molecule has 6 atom stereocenters. The van der Waals surface area contributed by atoms with Crippen LogP contribution in [0, 0.1) is 0 Å². The minimum Gasteiger partial charge on any atom is -0.370 e. The molecule has 57 heavy (non-hydrogen) atoms. The zero-order chi connectivity index (χ0) is 42.0. The van der Waals surface area contributed by atoms with Crippen LogP contribution in [0.5, 0.6) is 0 Å². The number of fused-ring (bicyclic) bond motifs is 2. The number of hydrogen-bond acceptors (Lipinski definition) is 10. The molecular formula is C38H50N7O10PS. The van der Waals surface area contributed by atoms with Crippen molar-refractivity contribution in [3.63, 3.8) is 0 Å². The Balaban J connectivity index is 1.34. The van der Waals surface area contributed by atoms with E-state index in [0.717, 1.165) is 12.9 Å². The molecule has 7 N–H and O–H groups in total. The predicted molar refractivity (Wildman–Crippen MR) is 211 cm³/mol. The molecule has 0 radical (unpaired) electrons. The lowest BCUT2D eigenvalue weighted by atomic mass is 10.0. The van der Waals surface area contributed by atoms with Crippen molar-refractivity contribution >= 4 is 63.2 Å². The molecule has 0 spiro atoms. The van der Waals surface area contributed by atoms with Crippen LogP contribution in [0.2, 0.25) is 0 Å². The number of nitrogens with two attached hydrogens (primary N) is 1. The molecule has 17 nitrogen and oxygen atoms in total. The number of carbonyl (C=O) groups excluding carboxylic acids is 6. The molecule has 0 saturated carbocycles. The van der Waals surface area contributed by atoms with Gasteiger partial charge in [-0.25, -0.2) is 8.42 Å². The molecule has 3 heterocycles. The normalized spacial score (nSPS) is 21.1. The maximum Gasteiger partial charge on any atom is 0.268 e. The summed E-state index contributed by atoms with van der Waals surface area (Å²) in [4.78, 5) is 96.4. The van der Waals surface area contributed by atoms with Gasteiger partial charge in [-0.2, -0.15) is 0 Å². The van der Waals surface area contributed by atoms with E-state index in [-0.39, 0.29) is 47.6 Å². The van der Waals surface area contributed by atoms with Gasteiger partial charge in [-0.1, -0.05) is 12.1 Å². The summed E-state index contributed by atoms with van der Waals surface area (Å²) in [6.07, 6.45) is 2.12. The summed E-state index contributed by atoms with van der Waals surface area (Å²) in [5.74, 6) is -2.99. The van der Waals surface area contributed by atoms with E-state index in [1.165, 1.54) is 41.3 Å². The standard InChI is InChI=1S/C38H50N7O10PS/c1-21(2)44-17-16-26-9-14-32(36(49)42-29(13-15-33(39)46)34(47)40-22(3)23-6-10-27(11-7-23)57(5,54)55)45(26)37(50)31(20-44)43-35(48)30-19-25-18-24(8-12-28(25)41-30)38(51)56(4,52)53/h6-8,10-12,18-19,21-22,26,29,31-32,41H,9,13-17,20H2,1-5H3,(H2,39,46)(H,40,47)(H,42,49)(H,43,48)(H,52,53)/t22-,26-,29+,31+,32+/m1/s1. The van der Waals surface area contributed by atoms with Crippen LogP contribution in [0.15, 0.2) is 53.4 Å². The van der Waals surface area contributed by atoms with Gasteiger partial charge in [0, 0.05) is 61.0 Å². The number of H-pyrrole nitrogens is 1. The monoisotopic (exact) mass is 827 g/mol. The number of aromatic amines is 1. The number of nitrogens with zero attached hydrogens (tertiary/aromatic N) is 2. The first kappa shape index (κ1) is 43.2. The van der Waals surface area contributed by atoms with E-state index in [9.17, 15) is 46.6 Å². The summed E-state index contributed by atoms with van der Waals surface area (Å²) in [6, 6.07) is 7.61. The van der Waals surface area contributed by atoms with Crippen molar-refractivity contribution in [3.05, 3.63) is 65.4 Å². The van der Waals surface area contributed by atoms with Crippen LogP contribution in [0.25, 0.3) is 10.9 Å². The Labute approximate surface area is 330 Å². The van der Waals surface area contributed by atoms with E-state index in [1.807, 2.05) is 13.8 Å². The summed E-state index contributed by atoms with van der Waals surface area (Å²) in [6.45, 7) is 7.33. The van der Waals surface area contributed by atoms with Gasteiger partial charge in [-0.15, -0.1) is 0 Å². The highest BCUT2D eigenvalue weighted by molar-refractivity contribution is 7.90. The lowest BCUT2D eigenvalue weighted by Gasteiger charge is -2.40. The minimum absolute atomic E-state index is 0.0130. The smallest absolute Gasteiger partial charge is 0.268 e. The number of amides is 5. The fourth-order valence-corrected chi connectivity index (χ4v) is 8.57. The fraction of sp³-hybridized carbons (Fsp3) is 0.474. The first-order chi connectivity index (χ1) is 26.6. The predicted octanol–water partition coefficient (Wildman–Crippen LogP) is 1.81. The Bertz CT molecular complexity index is 2220. The van der Waals surface area contributed by atoms with Gasteiger partial charge in [-0.3, -0.25) is 38.2 Å². The molecule has 5 amide bonds. The van der Waals surface area contributed by atoms with Crippen LogP contribution >= 0.6 is 7.37 Å². The molecule has 19 heteroatoms. The maximum absolute atomic E-state index is 14.5. The van der Waals surface area contributed by atoms with E-state index in [1.54, 1.807) is 19.1 Å². The van der Waals surface area contributed by atoms with Crippen LogP contribution in [0.1, 0.15) is 85.3 Å². The van der Waals surface area contributed by atoms with Crippen molar-refractivity contribution in [2.75, 3.05) is 26.0 Å². The first-order valence-corrected chi connectivity index (χ1v) is 22.7. The van der Waals surface area contributed by atoms with Gasteiger partial charge in [0.1, 0.15) is 23.8 Å². The van der Waals surface area contributed by atoms with E-state index in [4.69, 9.17) is 5.73 Å². The third kappa shape index (κ3) is 10.3. The topological polar surface area (TPSA) is 258 Å². The number of carbonyl (C=O) groups is 6. The highest BCUT2D eigenvalue weighted by Gasteiger charge is 2.46. The zero-order valence-corrected chi connectivity index (χ0v) is 34.2. The molecule has 5 rings (SSSR count). The Hall–Kier alpha value is -4.90. The van der Waals surface area contributed by atoms with Crippen LogP contribution in [-0.4, -0.2) is 119 Å². The third-order valence-corrected chi connectivity index (χ3v) is 12.7. The molecule has 1 unspecified atom stereocenters. The SMILES string of the molecule is CC(C)N1CC[C@H]2CC[C@@H](C(=O)N[C@@H](CCC(N)=O)C(=O)N[C@H](C)c3ccc(S(C)(=O)=O)cc3)N2C(=O)[C@@H](NC(=O)c2cc3cc(C(=O)P(C)(=O)O)ccc3[nH]2)C1. The highest BCUT2D eigenvalue weighted by Crippen LogP contribution is 2.40. The molecule has 2 fully saturated rings. The van der Waals surface area contributed by atoms with Crippen molar-refractivity contribution in [1.29, 1.82) is 0 Å². The van der Waals surface area contributed by atoms with Gasteiger partial charge >= 0.3 is 0 Å². The van der Waals surface area contributed by atoms with Gasteiger partial charge < -0.3 is 36.5 Å². The maximum atomic E-state index is 14.5. The number of hydrogen-bond donors (Lipinski definition) is 6. The Morgan fingerprint density at radius 2 is 1.68 bits per heavy atom. The van der Waals surface area contributed by atoms with Gasteiger partial charge in [-0.05, 0) is 88.4 Å².